The van der Waals surface area contributed by atoms with Crippen LogP contribution < -0.4 is 9.80 Å². The molecule has 0 bridgehead atoms. The fraction of sp³-hybridized carbons (Fsp3) is 0.125. The van der Waals surface area contributed by atoms with E-state index in [9.17, 15) is 0 Å². The highest BCUT2D eigenvalue weighted by Crippen LogP contribution is 2.50. The van der Waals surface area contributed by atoms with E-state index in [-0.39, 0.29) is 10.8 Å². The summed E-state index contributed by atoms with van der Waals surface area (Å²) < 4.78 is 8.96. The molecule has 0 saturated heterocycles. The minimum atomic E-state index is 0.0255. The predicted molar refractivity (Wildman–Crippen MR) is 290 cm³/mol. The molecule has 4 nitrogen and oxygen atoms in total. The molecule has 68 heavy (non-hydrogen) atoms. The summed E-state index contributed by atoms with van der Waals surface area (Å²) in [5.74, 6) is 0. The van der Waals surface area contributed by atoms with Gasteiger partial charge < -0.3 is 18.8 Å². The van der Waals surface area contributed by atoms with Crippen molar-refractivity contribution >= 4 is 99.4 Å². The van der Waals surface area contributed by atoms with Gasteiger partial charge in [-0.2, -0.15) is 0 Å². The molecule has 0 unspecified atom stereocenters. The first-order chi connectivity index (χ1) is 33.0. The molecule has 0 atom stereocenters. The van der Waals surface area contributed by atoms with Gasteiger partial charge in [-0.25, -0.2) is 0 Å². The van der Waals surface area contributed by atoms with E-state index >= 15 is 0 Å². The predicted octanol–water partition coefficient (Wildman–Crippen LogP) is 18.5. The highest BCUT2D eigenvalue weighted by atomic mass is 16.3. The Balaban J connectivity index is 1.23. The van der Waals surface area contributed by atoms with E-state index in [2.05, 4.69) is 262 Å². The topological polar surface area (TPSA) is 24.6 Å². The van der Waals surface area contributed by atoms with Crippen LogP contribution >= 0.6 is 0 Å². The molecule has 4 heteroatoms. The molecule has 12 aromatic rings. The van der Waals surface area contributed by atoms with Crippen LogP contribution in [0.4, 0.5) is 34.1 Å². The molecule has 12 rings (SSSR count). The van der Waals surface area contributed by atoms with Gasteiger partial charge in [0.2, 0.25) is 0 Å². The third-order valence-electron chi connectivity index (χ3n) is 13.8. The van der Waals surface area contributed by atoms with E-state index in [4.69, 9.17) is 4.42 Å². The van der Waals surface area contributed by atoms with Crippen LogP contribution in [0.25, 0.3) is 71.0 Å². The van der Waals surface area contributed by atoms with Crippen molar-refractivity contribution < 1.29 is 4.42 Å². The average Bonchev–Trinajstić information content (AvgIpc) is 3.90. The number of hydrogen-bond donors (Lipinski definition) is 0. The van der Waals surface area contributed by atoms with Crippen LogP contribution in [0.3, 0.4) is 0 Å². The van der Waals surface area contributed by atoms with Gasteiger partial charge in [0.05, 0.1) is 22.4 Å². The fourth-order valence-corrected chi connectivity index (χ4v) is 10.4. The maximum Gasteiger partial charge on any atom is 0.135 e. The monoisotopic (exact) mass is 879 g/mol. The normalized spacial score (nSPS) is 12.3. The standard InChI is InChI=1S/C64H53N3O/c1-63(2,3)42-29-33-46(34-30-42)65(44-19-9-7-10-20-44)55-40-57-61(52-26-15-13-23-49(52)55)62-53-27-16-14-24-50(53)56(66(45-21-11-8-12-22-45)47-35-31-43(32-36-47)64(4,5)6)41-58(62)67(57)48-37-38-60-54(39-48)51-25-17-18-28-59(51)68-60/h7-41H,1-6H3. The number of rotatable bonds is 7. The smallest absolute Gasteiger partial charge is 0.135 e. The molecule has 0 fully saturated rings. The minimum Gasteiger partial charge on any atom is -0.456 e. The molecular formula is C64H53N3O. The van der Waals surface area contributed by atoms with Gasteiger partial charge in [-0.15, -0.1) is 0 Å². The third kappa shape index (κ3) is 6.82. The lowest BCUT2D eigenvalue weighted by molar-refractivity contribution is 0.590. The molecule has 10 aromatic carbocycles. The second-order valence-electron chi connectivity index (χ2n) is 20.2. The lowest BCUT2D eigenvalue weighted by Crippen LogP contribution is -2.13. The van der Waals surface area contributed by atoms with E-state index in [0.29, 0.717) is 0 Å². The number of anilines is 6. The minimum absolute atomic E-state index is 0.0255. The molecule has 0 aliphatic heterocycles. The SMILES string of the molecule is CC(C)(C)c1ccc(N(c2ccccc2)c2cc3c(c4ccccc24)c2c4ccccc4c(N(c4ccccc4)c4ccc(C(C)(C)C)cc4)cc2n3-c2ccc3oc4ccccc4c3c2)cc1. The van der Waals surface area contributed by atoms with Crippen molar-refractivity contribution in [3.05, 3.63) is 223 Å². The third-order valence-corrected chi connectivity index (χ3v) is 13.8. The van der Waals surface area contributed by atoms with Crippen molar-refractivity contribution in [2.45, 2.75) is 52.4 Å². The summed E-state index contributed by atoms with van der Waals surface area (Å²) in [6.45, 7) is 13.7. The zero-order valence-electron chi connectivity index (χ0n) is 39.5. The molecule has 0 aliphatic carbocycles. The number of hydrogen-bond acceptors (Lipinski definition) is 3. The summed E-state index contributed by atoms with van der Waals surface area (Å²) in [6, 6.07) is 77.8. The van der Waals surface area contributed by atoms with Crippen LogP contribution in [0.2, 0.25) is 0 Å². The van der Waals surface area contributed by atoms with Gasteiger partial charge in [-0.1, -0.05) is 169 Å². The molecule has 2 heterocycles. The Hall–Kier alpha value is -8.08. The van der Waals surface area contributed by atoms with Crippen LogP contribution in [0.1, 0.15) is 52.7 Å². The van der Waals surface area contributed by atoms with E-state index in [1.165, 1.54) is 43.4 Å². The van der Waals surface area contributed by atoms with Crippen LogP contribution in [0.5, 0.6) is 0 Å². The zero-order chi connectivity index (χ0) is 46.3. The van der Waals surface area contributed by atoms with Crippen molar-refractivity contribution in [2.24, 2.45) is 0 Å². The highest BCUT2D eigenvalue weighted by Gasteiger charge is 2.27. The highest BCUT2D eigenvalue weighted by molar-refractivity contribution is 6.32. The van der Waals surface area contributed by atoms with Crippen molar-refractivity contribution in [2.75, 3.05) is 9.80 Å². The van der Waals surface area contributed by atoms with Gasteiger partial charge in [0.25, 0.3) is 0 Å². The van der Waals surface area contributed by atoms with E-state index in [0.717, 1.165) is 72.8 Å². The number of nitrogens with zero attached hydrogens (tertiary/aromatic N) is 3. The summed E-state index contributed by atoms with van der Waals surface area (Å²) in [4.78, 5) is 4.87. The second kappa shape index (κ2) is 15.8. The quantitative estimate of drug-likeness (QED) is 0.159. The molecule has 2 aromatic heterocycles. The average molecular weight is 880 g/mol. The van der Waals surface area contributed by atoms with Crippen molar-refractivity contribution in [1.82, 2.24) is 4.57 Å². The maximum atomic E-state index is 6.45. The lowest BCUT2D eigenvalue weighted by Gasteiger charge is -2.28. The summed E-state index contributed by atoms with van der Waals surface area (Å²) in [5.41, 5.74) is 14.3. The van der Waals surface area contributed by atoms with Crippen LogP contribution in [-0.2, 0) is 10.8 Å². The molecule has 0 aliphatic rings. The Morgan fingerprint density at radius 2 is 0.721 bits per heavy atom. The largest absolute Gasteiger partial charge is 0.456 e. The number of benzene rings is 10. The lowest BCUT2D eigenvalue weighted by atomic mass is 9.87. The number of furan rings is 1. The van der Waals surface area contributed by atoms with Gasteiger partial charge in [-0.3, -0.25) is 0 Å². The number of fused-ring (bicyclic) bond motifs is 10. The molecule has 0 spiro atoms. The van der Waals surface area contributed by atoms with Crippen molar-refractivity contribution in [3.8, 4) is 5.69 Å². The van der Waals surface area contributed by atoms with Crippen molar-refractivity contribution in [1.29, 1.82) is 0 Å². The Kier molecular flexibility index (Phi) is 9.60. The van der Waals surface area contributed by atoms with Crippen LogP contribution in [-0.4, -0.2) is 4.57 Å². The Labute approximate surface area is 397 Å². The van der Waals surface area contributed by atoms with Crippen LogP contribution in [0.15, 0.2) is 217 Å². The fourth-order valence-electron chi connectivity index (χ4n) is 10.4. The molecule has 0 N–H and O–H groups in total. The Morgan fingerprint density at radius 3 is 1.18 bits per heavy atom. The van der Waals surface area contributed by atoms with Gasteiger partial charge in [0.15, 0.2) is 0 Å². The van der Waals surface area contributed by atoms with Gasteiger partial charge >= 0.3 is 0 Å². The molecular weight excluding hydrogens is 827 g/mol. The van der Waals surface area contributed by atoms with Crippen LogP contribution in [0, 0.1) is 0 Å². The molecule has 0 radical (unpaired) electrons. The van der Waals surface area contributed by atoms with E-state index in [1.807, 2.05) is 6.07 Å². The Bertz CT molecular complexity index is 3650. The first-order valence-electron chi connectivity index (χ1n) is 23.8. The first-order valence-corrected chi connectivity index (χ1v) is 23.8. The van der Waals surface area contributed by atoms with E-state index in [1.54, 1.807) is 0 Å². The molecule has 0 saturated carbocycles. The second-order valence-corrected chi connectivity index (χ2v) is 20.2. The number of aromatic nitrogens is 1. The van der Waals surface area contributed by atoms with Crippen molar-refractivity contribution in [3.63, 3.8) is 0 Å². The maximum absolute atomic E-state index is 6.45. The summed E-state index contributed by atoms with van der Waals surface area (Å²) in [6.07, 6.45) is 0. The zero-order valence-corrected chi connectivity index (χ0v) is 39.5. The first kappa shape index (κ1) is 41.4. The van der Waals surface area contributed by atoms with E-state index < -0.39 is 0 Å². The Morgan fingerprint density at radius 1 is 0.338 bits per heavy atom. The summed E-state index contributed by atoms with van der Waals surface area (Å²) >= 11 is 0. The van der Waals surface area contributed by atoms with Gasteiger partial charge in [-0.05, 0) is 118 Å². The molecule has 0 amide bonds. The molecule has 330 valence electrons. The summed E-state index contributed by atoms with van der Waals surface area (Å²) in [5, 5.41) is 9.37. The van der Waals surface area contributed by atoms with Gasteiger partial charge in [0.1, 0.15) is 11.2 Å². The number of para-hydroxylation sites is 3. The van der Waals surface area contributed by atoms with Gasteiger partial charge in [0, 0.05) is 60.8 Å². The summed E-state index contributed by atoms with van der Waals surface area (Å²) in [7, 11) is 0.